The van der Waals surface area contributed by atoms with Crippen molar-refractivity contribution in [2.24, 2.45) is 11.8 Å². The predicted octanol–water partition coefficient (Wildman–Crippen LogP) is 23.9. The van der Waals surface area contributed by atoms with Crippen molar-refractivity contribution in [3.63, 3.8) is 0 Å². The summed E-state index contributed by atoms with van der Waals surface area (Å²) in [6.45, 7) is 9.64. The number of aliphatic hydroxyl groups excluding tert-OH is 1. The lowest BCUT2D eigenvalue weighted by molar-refractivity contribution is -0.161. The first-order valence-electron chi connectivity index (χ1n) is 41.5. The molecular weight excluding hydrogens is 1290 g/mol. The molecule has 3 N–H and O–H groups in total. The van der Waals surface area contributed by atoms with E-state index in [9.17, 15) is 43.2 Å². The second-order valence-corrected chi connectivity index (χ2v) is 32.7. The van der Waals surface area contributed by atoms with Crippen molar-refractivity contribution < 1.29 is 80.2 Å². The lowest BCUT2D eigenvalue weighted by Gasteiger charge is -2.21. The summed E-state index contributed by atoms with van der Waals surface area (Å²) in [5.74, 6) is -0.566. The molecule has 2 unspecified atom stereocenters. The molecule has 0 aliphatic heterocycles. The van der Waals surface area contributed by atoms with Crippen LogP contribution in [0.25, 0.3) is 0 Å². The molecule has 0 bridgehead atoms. The summed E-state index contributed by atoms with van der Waals surface area (Å²) >= 11 is 0. The largest absolute Gasteiger partial charge is 0.472 e. The monoisotopic (exact) mass is 1450 g/mol. The van der Waals surface area contributed by atoms with Gasteiger partial charge in [0.2, 0.25) is 0 Å². The Kier molecular flexibility index (Phi) is 70.3. The first-order valence-corrected chi connectivity index (χ1v) is 44.5. The van der Waals surface area contributed by atoms with E-state index in [0.717, 1.165) is 102 Å². The van der Waals surface area contributed by atoms with Gasteiger partial charge in [-0.3, -0.25) is 37.3 Å². The number of unbranched alkanes of at least 4 members (excludes halogenated alkanes) is 49. The molecule has 0 aliphatic rings. The number of carbonyl (C=O) groups is 4. The molecule has 5 atom stereocenters. The van der Waals surface area contributed by atoms with Gasteiger partial charge in [-0.2, -0.15) is 0 Å². The van der Waals surface area contributed by atoms with E-state index in [1.165, 1.54) is 238 Å². The minimum Gasteiger partial charge on any atom is -0.462 e. The number of ether oxygens (including phenoxy) is 4. The number of rotatable bonds is 79. The van der Waals surface area contributed by atoms with E-state index >= 15 is 0 Å². The first kappa shape index (κ1) is 97.1. The van der Waals surface area contributed by atoms with Crippen LogP contribution >= 0.6 is 15.6 Å². The molecule has 0 aromatic heterocycles. The third-order valence-corrected chi connectivity index (χ3v) is 20.6. The van der Waals surface area contributed by atoms with Gasteiger partial charge in [-0.25, -0.2) is 9.13 Å². The Morgan fingerprint density at radius 3 is 0.687 bits per heavy atom. The van der Waals surface area contributed by atoms with Crippen LogP contribution in [0.2, 0.25) is 0 Å². The number of aliphatic hydroxyl groups is 1. The maximum absolute atomic E-state index is 13.1. The molecule has 0 spiro atoms. The standard InChI is InChI=1S/C80H156O17P2/c1-7-9-11-13-15-17-19-21-23-24-25-27-33-41-47-53-59-65-80(85)96-75(68-90-77(82)62-56-50-44-38-31-29-28-30-36-42-48-54-60-72(3)4)70-94-98(86,87)92-66-74(81)67-93-99(88,89)95-71-76(69-91-78(83)63-57-51-45-39-35-34-37-43-49-55-61-73(5)6)97-79(84)64-58-52-46-40-32-26-22-20-18-16-14-12-10-8-2/h72-76,81H,7-71H2,1-6H3,(H,86,87)(H,88,89)/t74-,75-,76-/m1/s1. The molecule has 17 nitrogen and oxygen atoms in total. The average Bonchev–Trinajstić information content (AvgIpc) is 1.02. The lowest BCUT2D eigenvalue weighted by Crippen LogP contribution is -2.30. The number of esters is 4. The Balaban J connectivity index is 5.27. The summed E-state index contributed by atoms with van der Waals surface area (Å²) in [7, 11) is -9.92. The van der Waals surface area contributed by atoms with E-state index in [1.807, 2.05) is 0 Å². The van der Waals surface area contributed by atoms with Crippen LogP contribution in [0.4, 0.5) is 0 Å². The SMILES string of the molecule is CCCCCCCCCCCCCCCCCCCC(=O)O[C@H](COC(=O)CCCCCCCCCCCCCCC(C)C)COP(=O)(O)OC[C@@H](O)COP(=O)(O)OC[C@@H](COC(=O)CCCCCCCCCCCCC(C)C)OC(=O)CCCCCCCCCCCCCCCC. The van der Waals surface area contributed by atoms with Gasteiger partial charge in [-0.05, 0) is 37.5 Å². The molecule has 0 aliphatic carbocycles. The number of phosphoric acid groups is 2. The normalized spacial score (nSPS) is 13.9. The van der Waals surface area contributed by atoms with E-state index < -0.39 is 97.5 Å². The summed E-state index contributed by atoms with van der Waals surface area (Å²) in [5.41, 5.74) is 0. The lowest BCUT2D eigenvalue weighted by atomic mass is 10.0. The Morgan fingerprint density at radius 1 is 0.273 bits per heavy atom. The third kappa shape index (κ3) is 74.1. The highest BCUT2D eigenvalue weighted by molar-refractivity contribution is 7.47. The van der Waals surface area contributed by atoms with Crippen LogP contribution < -0.4 is 0 Å². The second kappa shape index (κ2) is 71.7. The van der Waals surface area contributed by atoms with Gasteiger partial charge >= 0.3 is 39.5 Å². The van der Waals surface area contributed by atoms with Gasteiger partial charge in [0.1, 0.15) is 19.3 Å². The van der Waals surface area contributed by atoms with Crippen LogP contribution in [-0.2, 0) is 65.4 Å². The summed E-state index contributed by atoms with van der Waals surface area (Å²) in [6.07, 6.45) is 60.9. The number of hydrogen-bond acceptors (Lipinski definition) is 15. The maximum atomic E-state index is 13.1. The van der Waals surface area contributed by atoms with Crippen LogP contribution in [0.1, 0.15) is 420 Å². The molecule has 0 amide bonds. The summed E-state index contributed by atoms with van der Waals surface area (Å²) in [5, 5.41) is 10.6. The average molecular weight is 1450 g/mol. The minimum atomic E-state index is -4.96. The number of carbonyl (C=O) groups excluding carboxylic acids is 4. The molecule has 0 saturated carbocycles. The van der Waals surface area contributed by atoms with Gasteiger partial charge in [0, 0.05) is 25.7 Å². The van der Waals surface area contributed by atoms with Crippen molar-refractivity contribution in [2.45, 2.75) is 439 Å². The van der Waals surface area contributed by atoms with Crippen LogP contribution in [0.5, 0.6) is 0 Å². The topological polar surface area (TPSA) is 237 Å². The smallest absolute Gasteiger partial charge is 0.462 e. The Hall–Kier alpha value is -1.94. The van der Waals surface area contributed by atoms with E-state index in [-0.39, 0.29) is 25.7 Å². The summed E-state index contributed by atoms with van der Waals surface area (Å²) in [6, 6.07) is 0. The van der Waals surface area contributed by atoms with E-state index in [2.05, 4.69) is 41.5 Å². The zero-order valence-corrected chi connectivity index (χ0v) is 66.6. The van der Waals surface area contributed by atoms with Crippen molar-refractivity contribution in [1.29, 1.82) is 0 Å². The van der Waals surface area contributed by atoms with Gasteiger partial charge < -0.3 is 33.8 Å². The Morgan fingerprint density at radius 2 is 0.465 bits per heavy atom. The zero-order valence-electron chi connectivity index (χ0n) is 64.8. The van der Waals surface area contributed by atoms with Crippen LogP contribution in [0.3, 0.4) is 0 Å². The third-order valence-electron chi connectivity index (χ3n) is 18.7. The van der Waals surface area contributed by atoms with E-state index in [4.69, 9.17) is 37.0 Å². The van der Waals surface area contributed by atoms with Crippen molar-refractivity contribution in [1.82, 2.24) is 0 Å². The molecule has 0 rings (SSSR count). The zero-order chi connectivity index (χ0) is 72.8. The molecule has 0 saturated heterocycles. The molecule has 0 heterocycles. The minimum absolute atomic E-state index is 0.108. The highest BCUT2D eigenvalue weighted by Gasteiger charge is 2.30. The number of phosphoric ester groups is 2. The fourth-order valence-electron chi connectivity index (χ4n) is 12.4. The van der Waals surface area contributed by atoms with Crippen molar-refractivity contribution in [3.05, 3.63) is 0 Å². The van der Waals surface area contributed by atoms with Gasteiger partial charge in [0.15, 0.2) is 12.2 Å². The molecule has 588 valence electrons. The van der Waals surface area contributed by atoms with Crippen molar-refractivity contribution in [2.75, 3.05) is 39.6 Å². The van der Waals surface area contributed by atoms with Crippen molar-refractivity contribution >= 4 is 39.5 Å². The number of hydrogen-bond donors (Lipinski definition) is 3. The molecule has 0 aromatic rings. The Labute approximate surface area is 607 Å². The molecule has 0 fully saturated rings. The first-order chi connectivity index (χ1) is 47.9. The van der Waals surface area contributed by atoms with E-state index in [0.29, 0.717) is 25.7 Å². The quantitative estimate of drug-likeness (QED) is 0.0222. The van der Waals surface area contributed by atoms with Gasteiger partial charge in [-0.1, -0.05) is 369 Å². The molecular formula is C80H156O17P2. The fourth-order valence-corrected chi connectivity index (χ4v) is 13.9. The second-order valence-electron chi connectivity index (χ2n) is 29.8. The highest BCUT2D eigenvalue weighted by Crippen LogP contribution is 2.45. The van der Waals surface area contributed by atoms with E-state index in [1.54, 1.807) is 0 Å². The van der Waals surface area contributed by atoms with Crippen molar-refractivity contribution in [3.8, 4) is 0 Å². The van der Waals surface area contributed by atoms with Gasteiger partial charge in [-0.15, -0.1) is 0 Å². The molecule has 99 heavy (non-hydrogen) atoms. The predicted molar refractivity (Wildman–Crippen MR) is 405 cm³/mol. The van der Waals surface area contributed by atoms with Crippen LogP contribution in [0, 0.1) is 11.8 Å². The van der Waals surface area contributed by atoms with Gasteiger partial charge in [0.25, 0.3) is 0 Å². The molecule has 0 aromatic carbocycles. The molecule has 0 radical (unpaired) electrons. The van der Waals surface area contributed by atoms with Gasteiger partial charge in [0.05, 0.1) is 26.4 Å². The fraction of sp³-hybridized carbons (Fsp3) is 0.950. The van der Waals surface area contributed by atoms with Crippen LogP contribution in [0.15, 0.2) is 0 Å². The Bertz CT molecular complexity index is 1910. The molecule has 19 heteroatoms. The summed E-state index contributed by atoms with van der Waals surface area (Å²) in [4.78, 5) is 73.0. The maximum Gasteiger partial charge on any atom is 0.472 e. The highest BCUT2D eigenvalue weighted by atomic mass is 31.2. The summed E-state index contributed by atoms with van der Waals surface area (Å²) < 4.78 is 68.7. The van der Waals surface area contributed by atoms with Crippen LogP contribution in [-0.4, -0.2) is 96.7 Å².